The highest BCUT2D eigenvalue weighted by Gasteiger charge is 2.18. The minimum Gasteiger partial charge on any atom is -0.306 e. The van der Waals surface area contributed by atoms with E-state index in [0.29, 0.717) is 10.0 Å². The van der Waals surface area contributed by atoms with Crippen LogP contribution >= 0.6 is 15.9 Å². The Bertz CT molecular complexity index is 516. The number of benzene rings is 1. The van der Waals surface area contributed by atoms with Crippen LogP contribution in [-0.4, -0.2) is 11.5 Å². The molecule has 94 valence electrons. The van der Waals surface area contributed by atoms with Crippen LogP contribution in [0.4, 0.5) is 4.39 Å². The highest BCUT2D eigenvalue weighted by molar-refractivity contribution is 9.10. The SMILES string of the molecule is CCNC(c1cccnc1)c1cccc(Br)c1F. The highest BCUT2D eigenvalue weighted by atomic mass is 79.9. The molecule has 0 radical (unpaired) electrons. The highest BCUT2D eigenvalue weighted by Crippen LogP contribution is 2.27. The molecule has 0 spiro atoms. The molecule has 1 unspecified atom stereocenters. The van der Waals surface area contributed by atoms with E-state index in [2.05, 4.69) is 26.2 Å². The van der Waals surface area contributed by atoms with E-state index in [9.17, 15) is 4.39 Å². The van der Waals surface area contributed by atoms with Gasteiger partial charge in [0.1, 0.15) is 5.82 Å². The van der Waals surface area contributed by atoms with Crippen LogP contribution in [-0.2, 0) is 0 Å². The minimum atomic E-state index is -0.229. The van der Waals surface area contributed by atoms with Crippen LogP contribution in [0.15, 0.2) is 47.2 Å². The zero-order valence-corrected chi connectivity index (χ0v) is 11.6. The third-order valence-corrected chi connectivity index (χ3v) is 3.33. The van der Waals surface area contributed by atoms with Crippen LogP contribution < -0.4 is 5.32 Å². The van der Waals surface area contributed by atoms with Gasteiger partial charge in [0.2, 0.25) is 0 Å². The number of hydrogen-bond acceptors (Lipinski definition) is 2. The molecule has 0 saturated heterocycles. The number of nitrogens with one attached hydrogen (secondary N) is 1. The number of hydrogen-bond donors (Lipinski definition) is 1. The summed E-state index contributed by atoms with van der Waals surface area (Å²) in [5.74, 6) is -0.229. The van der Waals surface area contributed by atoms with Crippen LogP contribution in [0, 0.1) is 5.82 Å². The van der Waals surface area contributed by atoms with Gasteiger partial charge in [-0.05, 0) is 40.2 Å². The molecule has 2 aromatic rings. The maximum absolute atomic E-state index is 14.2. The first-order valence-electron chi connectivity index (χ1n) is 5.81. The molecule has 18 heavy (non-hydrogen) atoms. The molecule has 0 aliphatic heterocycles. The van der Waals surface area contributed by atoms with Crippen molar-refractivity contribution in [3.8, 4) is 0 Å². The second kappa shape index (κ2) is 6.07. The second-order valence-corrected chi connectivity index (χ2v) is 4.77. The number of nitrogens with zero attached hydrogens (tertiary/aromatic N) is 1. The van der Waals surface area contributed by atoms with E-state index < -0.39 is 0 Å². The molecule has 0 aliphatic rings. The lowest BCUT2D eigenvalue weighted by Gasteiger charge is -2.19. The smallest absolute Gasteiger partial charge is 0.142 e. The molecule has 2 rings (SSSR count). The lowest BCUT2D eigenvalue weighted by atomic mass is 9.99. The van der Waals surface area contributed by atoms with Gasteiger partial charge < -0.3 is 5.32 Å². The van der Waals surface area contributed by atoms with Gasteiger partial charge in [0.15, 0.2) is 0 Å². The zero-order valence-electron chi connectivity index (χ0n) is 10.0. The first kappa shape index (κ1) is 13.2. The molecule has 0 aliphatic carbocycles. The maximum atomic E-state index is 14.2. The van der Waals surface area contributed by atoms with Crippen LogP contribution in [0.5, 0.6) is 0 Å². The van der Waals surface area contributed by atoms with Crippen molar-refractivity contribution < 1.29 is 4.39 Å². The zero-order chi connectivity index (χ0) is 13.0. The van der Waals surface area contributed by atoms with Gasteiger partial charge in [-0.15, -0.1) is 0 Å². The average molecular weight is 309 g/mol. The van der Waals surface area contributed by atoms with Crippen LogP contribution in [0.25, 0.3) is 0 Å². The Balaban J connectivity index is 2.45. The Kier molecular flexibility index (Phi) is 4.44. The number of pyridine rings is 1. The second-order valence-electron chi connectivity index (χ2n) is 3.92. The summed E-state index contributed by atoms with van der Waals surface area (Å²) in [7, 11) is 0. The summed E-state index contributed by atoms with van der Waals surface area (Å²) in [6, 6.07) is 8.95. The fourth-order valence-corrected chi connectivity index (χ4v) is 2.28. The third kappa shape index (κ3) is 2.76. The molecular formula is C14H14BrFN2. The van der Waals surface area contributed by atoms with Crippen molar-refractivity contribution in [1.82, 2.24) is 10.3 Å². The molecular weight excluding hydrogens is 295 g/mol. The Morgan fingerprint density at radius 1 is 1.33 bits per heavy atom. The summed E-state index contributed by atoms with van der Waals surface area (Å²) in [6.07, 6.45) is 3.47. The van der Waals surface area contributed by atoms with E-state index in [-0.39, 0.29) is 11.9 Å². The molecule has 2 nitrogen and oxygen atoms in total. The van der Waals surface area contributed by atoms with Crippen molar-refractivity contribution in [3.05, 3.63) is 64.1 Å². The van der Waals surface area contributed by atoms with Gasteiger partial charge in [-0.3, -0.25) is 4.98 Å². The van der Waals surface area contributed by atoms with Crippen molar-refractivity contribution in [3.63, 3.8) is 0 Å². The standard InChI is InChI=1S/C14H14BrFN2/c1-2-18-14(10-5-4-8-17-9-10)11-6-3-7-12(15)13(11)16/h3-9,14,18H,2H2,1H3. The van der Waals surface area contributed by atoms with Gasteiger partial charge in [0.25, 0.3) is 0 Å². The summed E-state index contributed by atoms with van der Waals surface area (Å²) in [5.41, 5.74) is 1.58. The predicted octanol–water partition coefficient (Wildman–Crippen LogP) is 3.68. The maximum Gasteiger partial charge on any atom is 0.142 e. The number of rotatable bonds is 4. The topological polar surface area (TPSA) is 24.9 Å². The molecule has 1 atom stereocenters. The van der Waals surface area contributed by atoms with E-state index in [4.69, 9.17) is 0 Å². The predicted molar refractivity (Wildman–Crippen MR) is 73.9 cm³/mol. The Morgan fingerprint density at radius 2 is 2.17 bits per heavy atom. The fraction of sp³-hybridized carbons (Fsp3) is 0.214. The number of aromatic nitrogens is 1. The molecule has 0 saturated carbocycles. The molecule has 0 bridgehead atoms. The first-order chi connectivity index (χ1) is 8.74. The van der Waals surface area contributed by atoms with Crippen molar-refractivity contribution in [2.24, 2.45) is 0 Å². The van der Waals surface area contributed by atoms with Gasteiger partial charge in [0, 0.05) is 18.0 Å². The summed E-state index contributed by atoms with van der Waals surface area (Å²) >= 11 is 3.22. The monoisotopic (exact) mass is 308 g/mol. The van der Waals surface area contributed by atoms with Gasteiger partial charge in [-0.2, -0.15) is 0 Å². The summed E-state index contributed by atoms with van der Waals surface area (Å²) < 4.78 is 14.6. The van der Waals surface area contributed by atoms with Crippen molar-refractivity contribution in [2.45, 2.75) is 13.0 Å². The Labute approximate surface area is 114 Å². The van der Waals surface area contributed by atoms with E-state index in [1.807, 2.05) is 25.1 Å². The third-order valence-electron chi connectivity index (χ3n) is 2.72. The molecule has 0 amide bonds. The average Bonchev–Trinajstić information content (AvgIpc) is 2.41. The van der Waals surface area contributed by atoms with Crippen LogP contribution in [0.1, 0.15) is 24.1 Å². The van der Waals surface area contributed by atoms with E-state index in [1.165, 1.54) is 0 Å². The normalized spacial score (nSPS) is 12.4. The van der Waals surface area contributed by atoms with E-state index in [1.54, 1.807) is 24.5 Å². The van der Waals surface area contributed by atoms with Crippen LogP contribution in [0.2, 0.25) is 0 Å². The van der Waals surface area contributed by atoms with Crippen molar-refractivity contribution >= 4 is 15.9 Å². The largest absolute Gasteiger partial charge is 0.306 e. The van der Waals surface area contributed by atoms with E-state index in [0.717, 1.165) is 12.1 Å². The molecule has 4 heteroatoms. The van der Waals surface area contributed by atoms with Gasteiger partial charge in [0.05, 0.1) is 10.5 Å². The number of halogens is 2. The van der Waals surface area contributed by atoms with Gasteiger partial charge in [-0.1, -0.05) is 25.1 Å². The molecule has 1 aromatic heterocycles. The summed E-state index contributed by atoms with van der Waals surface area (Å²) in [5, 5.41) is 3.28. The lowest BCUT2D eigenvalue weighted by Crippen LogP contribution is -2.23. The van der Waals surface area contributed by atoms with Crippen molar-refractivity contribution in [2.75, 3.05) is 6.54 Å². The minimum absolute atomic E-state index is 0.179. The Morgan fingerprint density at radius 3 is 2.83 bits per heavy atom. The summed E-state index contributed by atoms with van der Waals surface area (Å²) in [4.78, 5) is 4.09. The quantitative estimate of drug-likeness (QED) is 0.932. The molecule has 1 heterocycles. The van der Waals surface area contributed by atoms with Crippen LogP contribution in [0.3, 0.4) is 0 Å². The molecule has 1 N–H and O–H groups in total. The molecule has 0 fully saturated rings. The summed E-state index contributed by atoms with van der Waals surface area (Å²) in [6.45, 7) is 2.75. The van der Waals surface area contributed by atoms with E-state index >= 15 is 0 Å². The van der Waals surface area contributed by atoms with Crippen molar-refractivity contribution in [1.29, 1.82) is 0 Å². The molecule has 1 aromatic carbocycles. The first-order valence-corrected chi connectivity index (χ1v) is 6.60. The van der Waals surface area contributed by atoms with Gasteiger partial charge in [-0.25, -0.2) is 4.39 Å². The van der Waals surface area contributed by atoms with Gasteiger partial charge >= 0.3 is 0 Å². The fourth-order valence-electron chi connectivity index (χ4n) is 1.90. The lowest BCUT2D eigenvalue weighted by molar-refractivity contribution is 0.554. The Hall–Kier alpha value is -1.26.